The molecular formula is C17H30N2O2. The number of nitrogens with one attached hydrogen (secondary N) is 1. The van der Waals surface area contributed by atoms with Crippen molar-refractivity contribution in [3.63, 3.8) is 0 Å². The van der Waals surface area contributed by atoms with Crippen LogP contribution in [0.25, 0.3) is 0 Å². The van der Waals surface area contributed by atoms with Gasteiger partial charge in [-0.3, -0.25) is 9.59 Å². The van der Waals surface area contributed by atoms with Gasteiger partial charge in [0.25, 0.3) is 0 Å². The lowest BCUT2D eigenvalue weighted by molar-refractivity contribution is -0.159. The highest BCUT2D eigenvalue weighted by Crippen LogP contribution is 2.45. The van der Waals surface area contributed by atoms with Crippen LogP contribution in [0.2, 0.25) is 0 Å². The molecule has 1 N–H and O–H groups in total. The van der Waals surface area contributed by atoms with Gasteiger partial charge in [0, 0.05) is 6.54 Å². The molecule has 0 aromatic carbocycles. The van der Waals surface area contributed by atoms with E-state index in [0.717, 1.165) is 19.3 Å². The molecule has 0 spiro atoms. The second kappa shape index (κ2) is 5.29. The molecule has 1 saturated heterocycles. The minimum atomic E-state index is -0.645. The summed E-state index contributed by atoms with van der Waals surface area (Å²) in [5, 5.41) is 2.97. The standard InChI is InChI=1S/C17H30N2O2/c1-11(2)13-14(20)19(10-9-16(3,4)5)17(6,12-7-8-12)15(21)18-13/h11-13H,7-10H2,1-6H3,(H,18,21). The number of amides is 2. The predicted molar refractivity (Wildman–Crippen MR) is 83.7 cm³/mol. The lowest BCUT2D eigenvalue weighted by Crippen LogP contribution is -2.71. The number of piperazine rings is 1. The quantitative estimate of drug-likeness (QED) is 0.866. The summed E-state index contributed by atoms with van der Waals surface area (Å²) in [6.07, 6.45) is 3.02. The van der Waals surface area contributed by atoms with E-state index in [4.69, 9.17) is 0 Å². The Bertz CT molecular complexity index is 435. The number of carbonyl (C=O) groups excluding carboxylic acids is 2. The van der Waals surface area contributed by atoms with E-state index in [2.05, 4.69) is 26.1 Å². The molecule has 2 unspecified atom stereocenters. The fourth-order valence-corrected chi connectivity index (χ4v) is 3.16. The molecule has 1 heterocycles. The van der Waals surface area contributed by atoms with E-state index in [1.54, 1.807) is 0 Å². The molecule has 1 aliphatic heterocycles. The molecule has 4 heteroatoms. The molecule has 2 amide bonds. The van der Waals surface area contributed by atoms with Crippen LogP contribution >= 0.6 is 0 Å². The van der Waals surface area contributed by atoms with Gasteiger partial charge in [-0.2, -0.15) is 0 Å². The van der Waals surface area contributed by atoms with Gasteiger partial charge < -0.3 is 10.2 Å². The van der Waals surface area contributed by atoms with E-state index >= 15 is 0 Å². The van der Waals surface area contributed by atoms with Crippen LogP contribution < -0.4 is 5.32 Å². The van der Waals surface area contributed by atoms with Crippen molar-refractivity contribution in [3.05, 3.63) is 0 Å². The SMILES string of the molecule is CC(C)C1NC(=O)C(C)(C2CC2)N(CCC(C)(C)C)C1=O. The van der Waals surface area contributed by atoms with Crippen molar-refractivity contribution in [2.75, 3.05) is 6.54 Å². The van der Waals surface area contributed by atoms with Gasteiger partial charge in [0.1, 0.15) is 11.6 Å². The summed E-state index contributed by atoms with van der Waals surface area (Å²) in [4.78, 5) is 27.5. The Morgan fingerprint density at radius 1 is 1.29 bits per heavy atom. The normalized spacial score (nSPS) is 30.8. The Labute approximate surface area is 128 Å². The molecule has 21 heavy (non-hydrogen) atoms. The fourth-order valence-electron chi connectivity index (χ4n) is 3.16. The molecule has 1 aliphatic carbocycles. The van der Waals surface area contributed by atoms with Crippen molar-refractivity contribution in [3.8, 4) is 0 Å². The fraction of sp³-hybridized carbons (Fsp3) is 0.882. The largest absolute Gasteiger partial charge is 0.342 e. The molecular weight excluding hydrogens is 264 g/mol. The van der Waals surface area contributed by atoms with E-state index in [1.165, 1.54) is 0 Å². The Hall–Kier alpha value is -1.06. The van der Waals surface area contributed by atoms with Crippen molar-refractivity contribution in [2.45, 2.75) is 72.4 Å². The third-order valence-electron chi connectivity index (χ3n) is 4.96. The minimum Gasteiger partial charge on any atom is -0.342 e. The Morgan fingerprint density at radius 3 is 2.29 bits per heavy atom. The second-order valence-corrected chi connectivity index (χ2v) is 8.42. The zero-order valence-corrected chi connectivity index (χ0v) is 14.3. The molecule has 2 fully saturated rings. The summed E-state index contributed by atoms with van der Waals surface area (Å²) in [5.41, 5.74) is -0.486. The van der Waals surface area contributed by atoms with Crippen LogP contribution in [0.5, 0.6) is 0 Å². The van der Waals surface area contributed by atoms with E-state index in [1.807, 2.05) is 25.7 Å². The zero-order valence-electron chi connectivity index (χ0n) is 14.3. The van der Waals surface area contributed by atoms with Crippen LogP contribution in [-0.4, -0.2) is 34.8 Å². The van der Waals surface area contributed by atoms with Gasteiger partial charge in [0.15, 0.2) is 0 Å². The molecule has 0 aromatic rings. The molecule has 0 radical (unpaired) electrons. The van der Waals surface area contributed by atoms with Crippen molar-refractivity contribution in [1.82, 2.24) is 10.2 Å². The number of rotatable bonds is 4. The Balaban J connectivity index is 2.27. The Morgan fingerprint density at radius 2 is 1.86 bits per heavy atom. The first-order valence-electron chi connectivity index (χ1n) is 8.20. The summed E-state index contributed by atoms with van der Waals surface area (Å²) < 4.78 is 0. The van der Waals surface area contributed by atoms with Crippen LogP contribution in [0, 0.1) is 17.3 Å². The first-order chi connectivity index (χ1) is 9.57. The summed E-state index contributed by atoms with van der Waals surface area (Å²) in [7, 11) is 0. The number of carbonyl (C=O) groups is 2. The van der Waals surface area contributed by atoms with Crippen molar-refractivity contribution < 1.29 is 9.59 Å². The summed E-state index contributed by atoms with van der Waals surface area (Å²) in [6.45, 7) is 13.1. The predicted octanol–water partition coefficient (Wildman–Crippen LogP) is 2.57. The summed E-state index contributed by atoms with van der Waals surface area (Å²) in [6, 6.07) is -0.371. The first kappa shape index (κ1) is 16.3. The minimum absolute atomic E-state index is 0.0391. The molecule has 0 bridgehead atoms. The van der Waals surface area contributed by atoms with Gasteiger partial charge in [-0.15, -0.1) is 0 Å². The van der Waals surface area contributed by atoms with Gasteiger partial charge >= 0.3 is 0 Å². The van der Waals surface area contributed by atoms with E-state index in [-0.39, 0.29) is 29.2 Å². The highest BCUT2D eigenvalue weighted by Gasteiger charge is 2.57. The lowest BCUT2D eigenvalue weighted by atomic mass is 9.84. The molecule has 1 saturated carbocycles. The van der Waals surface area contributed by atoms with E-state index in [9.17, 15) is 9.59 Å². The van der Waals surface area contributed by atoms with E-state index < -0.39 is 5.54 Å². The maximum Gasteiger partial charge on any atom is 0.246 e. The Kier molecular flexibility index (Phi) is 4.11. The third kappa shape index (κ3) is 3.09. The van der Waals surface area contributed by atoms with Crippen molar-refractivity contribution in [1.29, 1.82) is 0 Å². The average molecular weight is 294 g/mol. The van der Waals surface area contributed by atoms with Gasteiger partial charge in [-0.05, 0) is 43.4 Å². The maximum absolute atomic E-state index is 12.9. The zero-order chi connectivity index (χ0) is 16.0. The molecule has 2 aliphatic rings. The smallest absolute Gasteiger partial charge is 0.246 e. The first-order valence-corrected chi connectivity index (χ1v) is 8.20. The van der Waals surface area contributed by atoms with Crippen LogP contribution in [-0.2, 0) is 9.59 Å². The average Bonchev–Trinajstić information content (AvgIpc) is 3.16. The highest BCUT2D eigenvalue weighted by atomic mass is 16.2. The van der Waals surface area contributed by atoms with E-state index in [0.29, 0.717) is 12.5 Å². The second-order valence-electron chi connectivity index (χ2n) is 8.42. The third-order valence-corrected chi connectivity index (χ3v) is 4.96. The summed E-state index contributed by atoms with van der Waals surface area (Å²) in [5.74, 6) is 0.595. The lowest BCUT2D eigenvalue weighted by Gasteiger charge is -2.48. The van der Waals surface area contributed by atoms with Gasteiger partial charge in [0.2, 0.25) is 11.8 Å². The van der Waals surface area contributed by atoms with Gasteiger partial charge in [-0.25, -0.2) is 0 Å². The molecule has 2 rings (SSSR count). The highest BCUT2D eigenvalue weighted by molar-refractivity contribution is 6.00. The molecule has 4 nitrogen and oxygen atoms in total. The topological polar surface area (TPSA) is 49.4 Å². The van der Waals surface area contributed by atoms with Crippen LogP contribution in [0.1, 0.15) is 60.8 Å². The molecule has 0 aromatic heterocycles. The van der Waals surface area contributed by atoms with Crippen LogP contribution in [0.3, 0.4) is 0 Å². The van der Waals surface area contributed by atoms with Gasteiger partial charge in [0.05, 0.1) is 0 Å². The molecule has 2 atom stereocenters. The van der Waals surface area contributed by atoms with Crippen molar-refractivity contribution in [2.24, 2.45) is 17.3 Å². The molecule has 120 valence electrons. The monoisotopic (exact) mass is 294 g/mol. The number of nitrogens with zero attached hydrogens (tertiary/aromatic N) is 1. The van der Waals surface area contributed by atoms with Crippen molar-refractivity contribution >= 4 is 11.8 Å². The maximum atomic E-state index is 12.9. The summed E-state index contributed by atoms with van der Waals surface area (Å²) >= 11 is 0. The van der Waals surface area contributed by atoms with Crippen LogP contribution in [0.4, 0.5) is 0 Å². The number of hydrogen-bond acceptors (Lipinski definition) is 2. The van der Waals surface area contributed by atoms with Gasteiger partial charge in [-0.1, -0.05) is 34.6 Å². The van der Waals surface area contributed by atoms with Crippen LogP contribution in [0.15, 0.2) is 0 Å². The number of hydrogen-bond donors (Lipinski definition) is 1.